The summed E-state index contributed by atoms with van der Waals surface area (Å²) in [6, 6.07) is 0. The lowest BCUT2D eigenvalue weighted by molar-refractivity contribution is -0.185. The summed E-state index contributed by atoms with van der Waals surface area (Å²) < 4.78 is 16.0. The lowest BCUT2D eigenvalue weighted by atomic mass is 9.55. The summed E-state index contributed by atoms with van der Waals surface area (Å²) in [5.41, 5.74) is 0. The number of methoxy groups -OCH3 is 1. The minimum absolute atomic E-state index is 0.0638. The molecule has 4 fully saturated rings. The molecule has 0 saturated heterocycles. The molecule has 24 heavy (non-hydrogen) atoms. The number of carbonyl (C=O) groups excluding carboxylic acids is 2. The molecule has 0 aromatic rings. The van der Waals surface area contributed by atoms with Crippen molar-refractivity contribution in [1.82, 2.24) is 0 Å². The van der Waals surface area contributed by atoms with E-state index in [1.54, 1.807) is 20.8 Å². The van der Waals surface area contributed by atoms with Crippen LogP contribution in [0.3, 0.4) is 0 Å². The average molecular weight is 338 g/mol. The maximum Gasteiger partial charge on any atom is 0.311 e. The molecule has 5 heteroatoms. The minimum atomic E-state index is -0.604. The van der Waals surface area contributed by atoms with Crippen LogP contribution in [0.1, 0.15) is 52.9 Å². The third-order valence-corrected chi connectivity index (χ3v) is 6.50. The smallest absolute Gasteiger partial charge is 0.311 e. The molecule has 5 nitrogen and oxygen atoms in total. The van der Waals surface area contributed by atoms with Gasteiger partial charge in [-0.05, 0) is 62.7 Å². The lowest BCUT2D eigenvalue weighted by Gasteiger charge is -2.53. The van der Waals surface area contributed by atoms with Crippen molar-refractivity contribution >= 4 is 11.9 Å². The molecule has 4 rings (SSSR count). The fourth-order valence-corrected chi connectivity index (χ4v) is 5.04. The van der Waals surface area contributed by atoms with Crippen LogP contribution in [0, 0.1) is 35.5 Å². The Hall–Kier alpha value is -1.10. The van der Waals surface area contributed by atoms with Crippen LogP contribution >= 0.6 is 0 Å². The van der Waals surface area contributed by atoms with Gasteiger partial charge in [0.05, 0.1) is 11.8 Å². The summed E-state index contributed by atoms with van der Waals surface area (Å²) in [6.07, 6.45) is 5.68. The largest absolute Gasteiger partial charge is 0.462 e. The molecule has 0 heterocycles. The Kier molecular flexibility index (Phi) is 5.19. The number of hydrogen-bond acceptors (Lipinski definition) is 5. The van der Waals surface area contributed by atoms with Crippen molar-refractivity contribution in [1.29, 1.82) is 0 Å². The minimum Gasteiger partial charge on any atom is -0.462 e. The number of hydrogen-bond donors (Lipinski definition) is 0. The molecule has 136 valence electrons. The summed E-state index contributed by atoms with van der Waals surface area (Å²) >= 11 is 0. The zero-order valence-electron chi connectivity index (χ0n) is 15.2. The highest BCUT2D eigenvalue weighted by Gasteiger charge is 2.50. The average Bonchev–Trinajstić information content (AvgIpc) is 2.55. The Morgan fingerprint density at radius 3 is 1.83 bits per heavy atom. The quantitative estimate of drug-likeness (QED) is 0.550. The van der Waals surface area contributed by atoms with E-state index < -0.39 is 24.1 Å². The second-order valence-corrected chi connectivity index (χ2v) is 8.15. The van der Waals surface area contributed by atoms with Crippen LogP contribution in [0.15, 0.2) is 0 Å². The summed E-state index contributed by atoms with van der Waals surface area (Å²) in [4.78, 5) is 24.7. The Morgan fingerprint density at radius 2 is 1.33 bits per heavy atom. The van der Waals surface area contributed by atoms with Gasteiger partial charge in [0.1, 0.15) is 6.10 Å². The summed E-state index contributed by atoms with van der Waals surface area (Å²) in [6.45, 7) is 5.12. The zero-order valence-corrected chi connectivity index (χ0v) is 15.2. The Balaban J connectivity index is 1.55. The molecule has 4 bridgehead atoms. The Labute approximate surface area is 144 Å². The predicted octanol–water partition coefficient (Wildman–Crippen LogP) is 3.16. The first-order valence-corrected chi connectivity index (χ1v) is 9.32. The SMILES string of the molecule is COC(C)OC(=O)C(C)C(C)C(=O)OC1C2CC3CC(C2)CC1C3. The van der Waals surface area contributed by atoms with Crippen LogP contribution < -0.4 is 0 Å². The van der Waals surface area contributed by atoms with E-state index in [-0.39, 0.29) is 12.1 Å². The molecule has 4 aliphatic carbocycles. The van der Waals surface area contributed by atoms with E-state index in [0.717, 1.165) is 11.8 Å². The zero-order chi connectivity index (χ0) is 17.4. The number of rotatable bonds is 6. The highest BCUT2D eigenvalue weighted by molar-refractivity contribution is 5.81. The molecular weight excluding hydrogens is 308 g/mol. The molecule has 3 atom stereocenters. The lowest BCUT2D eigenvalue weighted by Crippen LogP contribution is -2.50. The van der Waals surface area contributed by atoms with E-state index in [0.29, 0.717) is 11.8 Å². The first-order chi connectivity index (χ1) is 11.4. The monoisotopic (exact) mass is 338 g/mol. The van der Waals surface area contributed by atoms with E-state index in [4.69, 9.17) is 14.2 Å². The fraction of sp³-hybridized carbons (Fsp3) is 0.895. The van der Waals surface area contributed by atoms with Crippen molar-refractivity contribution in [2.75, 3.05) is 7.11 Å². The van der Waals surface area contributed by atoms with Crippen molar-refractivity contribution in [2.24, 2.45) is 35.5 Å². The van der Waals surface area contributed by atoms with Gasteiger partial charge in [0, 0.05) is 7.11 Å². The molecule has 0 aliphatic heterocycles. The number of carbonyl (C=O) groups is 2. The van der Waals surface area contributed by atoms with Gasteiger partial charge in [-0.2, -0.15) is 0 Å². The van der Waals surface area contributed by atoms with Crippen molar-refractivity contribution < 1.29 is 23.8 Å². The first kappa shape index (κ1) is 17.7. The van der Waals surface area contributed by atoms with Gasteiger partial charge in [-0.1, -0.05) is 13.8 Å². The van der Waals surface area contributed by atoms with Crippen LogP contribution in [0.25, 0.3) is 0 Å². The topological polar surface area (TPSA) is 61.8 Å². The molecule has 0 amide bonds. The van der Waals surface area contributed by atoms with Crippen LogP contribution in [-0.4, -0.2) is 31.4 Å². The van der Waals surface area contributed by atoms with E-state index in [1.165, 1.54) is 39.2 Å². The van der Waals surface area contributed by atoms with Crippen molar-refractivity contribution in [3.63, 3.8) is 0 Å². The fourth-order valence-electron chi connectivity index (χ4n) is 5.04. The highest BCUT2D eigenvalue weighted by Crippen LogP contribution is 2.54. The first-order valence-electron chi connectivity index (χ1n) is 9.32. The normalized spacial score (nSPS) is 37.6. The van der Waals surface area contributed by atoms with Gasteiger partial charge in [0.2, 0.25) is 0 Å². The molecule has 4 saturated carbocycles. The predicted molar refractivity (Wildman–Crippen MR) is 87.8 cm³/mol. The van der Waals surface area contributed by atoms with Gasteiger partial charge < -0.3 is 14.2 Å². The van der Waals surface area contributed by atoms with Gasteiger partial charge in [-0.3, -0.25) is 9.59 Å². The number of esters is 2. The Morgan fingerprint density at radius 1 is 0.833 bits per heavy atom. The van der Waals surface area contributed by atoms with Crippen molar-refractivity contribution in [3.8, 4) is 0 Å². The van der Waals surface area contributed by atoms with Gasteiger partial charge in [-0.25, -0.2) is 0 Å². The third-order valence-electron chi connectivity index (χ3n) is 6.50. The van der Waals surface area contributed by atoms with Crippen LogP contribution in [0.4, 0.5) is 0 Å². The van der Waals surface area contributed by atoms with Crippen LogP contribution in [0.2, 0.25) is 0 Å². The van der Waals surface area contributed by atoms with Crippen LogP contribution in [-0.2, 0) is 23.8 Å². The summed E-state index contributed by atoms with van der Waals surface area (Å²) in [7, 11) is 1.48. The van der Waals surface area contributed by atoms with Crippen LogP contribution in [0.5, 0.6) is 0 Å². The molecule has 0 aromatic heterocycles. The summed E-state index contributed by atoms with van der Waals surface area (Å²) in [5.74, 6) is 1.06. The molecule has 0 aromatic carbocycles. The van der Waals surface area contributed by atoms with E-state index in [1.807, 2.05) is 0 Å². The van der Waals surface area contributed by atoms with Gasteiger partial charge in [0.15, 0.2) is 6.29 Å². The summed E-state index contributed by atoms with van der Waals surface area (Å²) in [5, 5.41) is 0. The van der Waals surface area contributed by atoms with E-state index in [9.17, 15) is 9.59 Å². The highest BCUT2D eigenvalue weighted by atomic mass is 16.7. The third kappa shape index (κ3) is 3.46. The molecular formula is C19H30O5. The molecule has 0 spiro atoms. The maximum absolute atomic E-state index is 12.6. The second kappa shape index (κ2) is 7.03. The second-order valence-electron chi connectivity index (χ2n) is 8.15. The van der Waals surface area contributed by atoms with Gasteiger partial charge in [-0.15, -0.1) is 0 Å². The molecule has 3 unspecified atom stereocenters. The van der Waals surface area contributed by atoms with Gasteiger partial charge in [0.25, 0.3) is 0 Å². The standard InChI is InChI=1S/C19H30O5/c1-10(18(20)23-12(3)22-4)11(2)19(21)24-17-15-6-13-5-14(8-15)9-16(17)7-13/h10-17H,5-9H2,1-4H3. The van der Waals surface area contributed by atoms with Crippen molar-refractivity contribution in [3.05, 3.63) is 0 Å². The molecule has 0 radical (unpaired) electrons. The molecule has 4 aliphatic rings. The molecule has 0 N–H and O–H groups in total. The van der Waals surface area contributed by atoms with Crippen molar-refractivity contribution in [2.45, 2.75) is 65.3 Å². The van der Waals surface area contributed by atoms with E-state index in [2.05, 4.69) is 0 Å². The number of ether oxygens (including phenoxy) is 3. The maximum atomic E-state index is 12.6. The Bertz CT molecular complexity index is 460. The van der Waals surface area contributed by atoms with E-state index >= 15 is 0 Å². The van der Waals surface area contributed by atoms with Gasteiger partial charge >= 0.3 is 11.9 Å².